The Bertz CT molecular complexity index is 1440. The third-order valence-corrected chi connectivity index (χ3v) is 6.32. The Labute approximate surface area is 202 Å². The van der Waals surface area contributed by atoms with E-state index < -0.39 is 5.97 Å². The fourth-order valence-electron chi connectivity index (χ4n) is 4.28. The summed E-state index contributed by atoms with van der Waals surface area (Å²) in [7, 11) is 1.32. The smallest absolute Gasteiger partial charge is 0.337 e. The second kappa shape index (κ2) is 9.27. The van der Waals surface area contributed by atoms with Gasteiger partial charge in [-0.3, -0.25) is 9.69 Å². The Balaban J connectivity index is 1.48. The highest BCUT2D eigenvalue weighted by molar-refractivity contribution is 5.89. The van der Waals surface area contributed by atoms with Gasteiger partial charge in [-0.05, 0) is 55.8 Å². The standard InChI is InChI=1S/C28H25NO6/c1-17(19-7-5-4-6-8-19)29-15-23-24(33-16-29)14-13-22-25(30)26(18(2)34-27(22)23)35-21-11-9-20(10-12-21)28(31)32-3/h4-14,17H,15-16H2,1-3H3. The number of nitrogens with zero attached hydrogens (tertiary/aromatic N) is 1. The van der Waals surface area contributed by atoms with Crippen molar-refractivity contribution in [3.8, 4) is 17.2 Å². The number of fused-ring (bicyclic) bond motifs is 3. The zero-order valence-electron chi connectivity index (χ0n) is 19.7. The van der Waals surface area contributed by atoms with Crippen LogP contribution in [-0.2, 0) is 11.3 Å². The van der Waals surface area contributed by atoms with E-state index in [0.717, 1.165) is 5.56 Å². The topological polar surface area (TPSA) is 78.2 Å². The molecule has 0 N–H and O–H groups in total. The molecule has 0 aliphatic carbocycles. The Hall–Kier alpha value is -4.10. The molecule has 0 saturated carbocycles. The Morgan fingerprint density at radius 2 is 1.77 bits per heavy atom. The number of carbonyl (C=O) groups is 1. The van der Waals surface area contributed by atoms with Crippen LogP contribution in [0.4, 0.5) is 0 Å². The average molecular weight is 472 g/mol. The van der Waals surface area contributed by atoms with Gasteiger partial charge in [-0.1, -0.05) is 30.3 Å². The molecule has 0 spiro atoms. The van der Waals surface area contributed by atoms with Crippen molar-refractivity contribution in [2.75, 3.05) is 13.8 Å². The molecule has 0 saturated heterocycles. The summed E-state index contributed by atoms with van der Waals surface area (Å²) in [6.07, 6.45) is 0. The second-order valence-electron chi connectivity index (χ2n) is 8.46. The largest absolute Gasteiger partial charge is 0.478 e. The normalized spacial score (nSPS) is 14.1. The van der Waals surface area contributed by atoms with Gasteiger partial charge in [0.1, 0.15) is 29.6 Å². The van der Waals surface area contributed by atoms with E-state index in [1.54, 1.807) is 37.3 Å². The van der Waals surface area contributed by atoms with E-state index in [4.69, 9.17) is 18.6 Å². The van der Waals surface area contributed by atoms with Gasteiger partial charge in [0, 0.05) is 12.6 Å². The Morgan fingerprint density at radius 1 is 1.03 bits per heavy atom. The van der Waals surface area contributed by atoms with Crippen LogP contribution < -0.4 is 14.9 Å². The van der Waals surface area contributed by atoms with E-state index in [1.165, 1.54) is 12.7 Å². The SMILES string of the molecule is COC(=O)c1ccc(Oc2c(C)oc3c4c(ccc3c2=O)OCN(C(C)c2ccccc2)C4)cc1. The summed E-state index contributed by atoms with van der Waals surface area (Å²) >= 11 is 0. The molecule has 1 unspecified atom stereocenters. The number of aryl methyl sites for hydroxylation is 1. The molecule has 7 heteroatoms. The lowest BCUT2D eigenvalue weighted by Gasteiger charge is -2.34. The molecule has 0 amide bonds. The molecule has 1 aliphatic heterocycles. The summed E-state index contributed by atoms with van der Waals surface area (Å²) in [5.74, 6) is 1.15. The highest BCUT2D eigenvalue weighted by Crippen LogP contribution is 2.36. The molecule has 0 bridgehead atoms. The molecule has 3 aromatic carbocycles. The third-order valence-electron chi connectivity index (χ3n) is 6.32. The van der Waals surface area contributed by atoms with Crippen molar-refractivity contribution in [1.29, 1.82) is 0 Å². The first-order valence-electron chi connectivity index (χ1n) is 11.3. The molecule has 2 heterocycles. The fraction of sp³-hybridized carbons (Fsp3) is 0.214. The molecule has 178 valence electrons. The molecule has 35 heavy (non-hydrogen) atoms. The lowest BCUT2D eigenvalue weighted by Crippen LogP contribution is -2.34. The molecule has 1 aromatic heterocycles. The van der Waals surface area contributed by atoms with Crippen molar-refractivity contribution in [1.82, 2.24) is 4.90 Å². The lowest BCUT2D eigenvalue weighted by atomic mass is 10.0. The van der Waals surface area contributed by atoms with Crippen molar-refractivity contribution in [2.45, 2.75) is 26.4 Å². The minimum Gasteiger partial charge on any atom is -0.478 e. The van der Waals surface area contributed by atoms with E-state index in [1.807, 2.05) is 24.3 Å². The van der Waals surface area contributed by atoms with Crippen molar-refractivity contribution in [2.24, 2.45) is 0 Å². The maximum absolute atomic E-state index is 13.4. The second-order valence-corrected chi connectivity index (χ2v) is 8.46. The van der Waals surface area contributed by atoms with Crippen LogP contribution in [0.2, 0.25) is 0 Å². The zero-order chi connectivity index (χ0) is 24.5. The van der Waals surface area contributed by atoms with Crippen LogP contribution in [-0.4, -0.2) is 24.7 Å². The number of rotatable bonds is 5. The van der Waals surface area contributed by atoms with Gasteiger partial charge >= 0.3 is 5.97 Å². The van der Waals surface area contributed by atoms with Crippen LogP contribution in [0.1, 0.15) is 40.2 Å². The van der Waals surface area contributed by atoms with Gasteiger partial charge in [-0.2, -0.15) is 0 Å². The molecular formula is C28H25NO6. The van der Waals surface area contributed by atoms with Gasteiger partial charge in [0.2, 0.25) is 11.2 Å². The monoisotopic (exact) mass is 471 g/mol. The van der Waals surface area contributed by atoms with Crippen LogP contribution in [0.3, 0.4) is 0 Å². The third kappa shape index (κ3) is 4.26. The van der Waals surface area contributed by atoms with Gasteiger partial charge in [-0.15, -0.1) is 0 Å². The molecule has 5 rings (SSSR count). The van der Waals surface area contributed by atoms with Crippen molar-refractivity contribution in [3.63, 3.8) is 0 Å². The van der Waals surface area contributed by atoms with Crippen LogP contribution in [0.15, 0.2) is 75.9 Å². The van der Waals surface area contributed by atoms with Crippen LogP contribution >= 0.6 is 0 Å². The van der Waals surface area contributed by atoms with Crippen LogP contribution in [0.25, 0.3) is 11.0 Å². The van der Waals surface area contributed by atoms with E-state index in [-0.39, 0.29) is 17.2 Å². The zero-order valence-corrected chi connectivity index (χ0v) is 19.7. The highest BCUT2D eigenvalue weighted by Gasteiger charge is 2.27. The first-order chi connectivity index (χ1) is 17.0. The van der Waals surface area contributed by atoms with Crippen molar-refractivity contribution in [3.05, 3.63) is 99.4 Å². The van der Waals surface area contributed by atoms with Gasteiger partial charge in [0.05, 0.1) is 23.6 Å². The van der Waals surface area contributed by atoms with Gasteiger partial charge in [0.25, 0.3) is 0 Å². The highest BCUT2D eigenvalue weighted by atomic mass is 16.5. The molecule has 0 radical (unpaired) electrons. The quantitative estimate of drug-likeness (QED) is 0.351. The average Bonchev–Trinajstić information content (AvgIpc) is 2.90. The summed E-state index contributed by atoms with van der Waals surface area (Å²) in [4.78, 5) is 27.2. The first-order valence-corrected chi connectivity index (χ1v) is 11.3. The minimum absolute atomic E-state index is 0.106. The van der Waals surface area contributed by atoms with Crippen molar-refractivity contribution < 1.29 is 23.4 Å². The maximum atomic E-state index is 13.4. The van der Waals surface area contributed by atoms with Gasteiger partial charge in [0.15, 0.2) is 0 Å². The lowest BCUT2D eigenvalue weighted by molar-refractivity contribution is 0.0600. The summed E-state index contributed by atoms with van der Waals surface area (Å²) in [6.45, 7) is 4.86. The van der Waals surface area contributed by atoms with Gasteiger partial charge < -0.3 is 18.6 Å². The summed E-state index contributed by atoms with van der Waals surface area (Å²) in [5.41, 5.74) is 2.65. The number of esters is 1. The van der Waals surface area contributed by atoms with Crippen LogP contribution in [0.5, 0.6) is 17.2 Å². The Kier molecular flexibility index (Phi) is 6.01. The predicted octanol–water partition coefficient (Wildman–Crippen LogP) is 5.59. The van der Waals surface area contributed by atoms with E-state index in [0.29, 0.717) is 47.1 Å². The van der Waals surface area contributed by atoms with Gasteiger partial charge in [-0.25, -0.2) is 4.79 Å². The predicted molar refractivity (Wildman–Crippen MR) is 131 cm³/mol. The fourth-order valence-corrected chi connectivity index (χ4v) is 4.28. The molecule has 0 fully saturated rings. The number of hydrogen-bond donors (Lipinski definition) is 0. The van der Waals surface area contributed by atoms with E-state index in [2.05, 4.69) is 24.0 Å². The maximum Gasteiger partial charge on any atom is 0.337 e. The van der Waals surface area contributed by atoms with E-state index >= 15 is 0 Å². The number of hydrogen-bond acceptors (Lipinski definition) is 7. The minimum atomic E-state index is -0.444. The summed E-state index contributed by atoms with van der Waals surface area (Å²) in [5, 5.41) is 0.424. The number of ether oxygens (including phenoxy) is 3. The molecule has 4 aromatic rings. The van der Waals surface area contributed by atoms with Crippen molar-refractivity contribution >= 4 is 16.9 Å². The summed E-state index contributed by atoms with van der Waals surface area (Å²) < 4.78 is 22.8. The first kappa shape index (κ1) is 22.7. The molecular weight excluding hydrogens is 446 g/mol. The number of carbonyl (C=O) groups excluding carboxylic acids is 1. The Morgan fingerprint density at radius 3 is 2.49 bits per heavy atom. The molecule has 1 atom stereocenters. The number of methoxy groups -OCH3 is 1. The number of benzene rings is 3. The van der Waals surface area contributed by atoms with E-state index in [9.17, 15) is 9.59 Å². The summed E-state index contributed by atoms with van der Waals surface area (Å²) in [6, 6.07) is 20.2. The molecule has 7 nitrogen and oxygen atoms in total. The molecule has 1 aliphatic rings. The van der Waals surface area contributed by atoms with Crippen LogP contribution in [0, 0.1) is 6.92 Å².